The molecule has 132 valence electrons. The number of rotatable bonds is 7. The van der Waals surface area contributed by atoms with Gasteiger partial charge in [-0.15, -0.1) is 0 Å². The summed E-state index contributed by atoms with van der Waals surface area (Å²) in [5, 5.41) is 6.15. The highest BCUT2D eigenvalue weighted by Crippen LogP contribution is 2.17. The number of benzene rings is 1. The van der Waals surface area contributed by atoms with Crippen molar-refractivity contribution >= 4 is 11.6 Å². The molecular formula is C20H20N4O2. The van der Waals surface area contributed by atoms with E-state index in [2.05, 4.69) is 20.6 Å². The quantitative estimate of drug-likeness (QED) is 0.686. The number of carbonyl (C=O) groups is 1. The number of methoxy groups -OCH3 is 1. The predicted molar refractivity (Wildman–Crippen MR) is 100.0 cm³/mol. The highest BCUT2D eigenvalue weighted by Gasteiger charge is 2.09. The maximum absolute atomic E-state index is 12.4. The Kier molecular flexibility index (Phi) is 5.77. The Morgan fingerprint density at radius 3 is 2.65 bits per heavy atom. The molecule has 0 fully saturated rings. The van der Waals surface area contributed by atoms with E-state index in [9.17, 15) is 4.79 Å². The number of pyridine rings is 2. The molecule has 0 radical (unpaired) electrons. The van der Waals surface area contributed by atoms with Gasteiger partial charge >= 0.3 is 0 Å². The molecule has 0 aliphatic heterocycles. The molecule has 2 heterocycles. The molecule has 0 spiro atoms. The number of aromatic nitrogens is 2. The van der Waals surface area contributed by atoms with E-state index in [0.29, 0.717) is 18.8 Å². The third-order valence-electron chi connectivity index (χ3n) is 3.87. The van der Waals surface area contributed by atoms with Crippen LogP contribution < -0.4 is 15.4 Å². The second kappa shape index (κ2) is 8.62. The summed E-state index contributed by atoms with van der Waals surface area (Å²) < 4.78 is 5.30. The van der Waals surface area contributed by atoms with Crippen LogP contribution in [0.5, 0.6) is 5.75 Å². The van der Waals surface area contributed by atoms with Crippen LogP contribution in [0.15, 0.2) is 67.1 Å². The van der Waals surface area contributed by atoms with Crippen molar-refractivity contribution in [3.63, 3.8) is 0 Å². The van der Waals surface area contributed by atoms with Crippen LogP contribution in [-0.4, -0.2) is 23.0 Å². The SMILES string of the molecule is COc1ccccc1CNC(=O)c1cc(NCc2ccncc2)ccn1. The average molecular weight is 348 g/mol. The fraction of sp³-hybridized carbons (Fsp3) is 0.150. The Labute approximate surface area is 152 Å². The van der Waals surface area contributed by atoms with Gasteiger partial charge in [0.2, 0.25) is 0 Å². The lowest BCUT2D eigenvalue weighted by molar-refractivity contribution is 0.0945. The maximum Gasteiger partial charge on any atom is 0.270 e. The zero-order chi connectivity index (χ0) is 18.2. The Balaban J connectivity index is 1.61. The van der Waals surface area contributed by atoms with E-state index in [4.69, 9.17) is 4.74 Å². The van der Waals surface area contributed by atoms with Crippen LogP contribution in [0.3, 0.4) is 0 Å². The number of amides is 1. The minimum atomic E-state index is -0.233. The molecule has 3 rings (SSSR count). The first-order valence-corrected chi connectivity index (χ1v) is 8.25. The van der Waals surface area contributed by atoms with Crippen LogP contribution >= 0.6 is 0 Å². The molecule has 0 bridgehead atoms. The van der Waals surface area contributed by atoms with Crippen molar-refractivity contribution < 1.29 is 9.53 Å². The average Bonchev–Trinajstić information content (AvgIpc) is 2.71. The van der Waals surface area contributed by atoms with Crippen LogP contribution in [0.2, 0.25) is 0 Å². The molecule has 0 saturated heterocycles. The van der Waals surface area contributed by atoms with E-state index >= 15 is 0 Å². The Bertz CT molecular complexity index is 868. The molecule has 26 heavy (non-hydrogen) atoms. The number of hydrogen-bond acceptors (Lipinski definition) is 5. The minimum absolute atomic E-state index is 0.233. The summed E-state index contributed by atoms with van der Waals surface area (Å²) in [4.78, 5) is 20.5. The molecule has 6 nitrogen and oxygen atoms in total. The molecule has 1 aromatic carbocycles. The number of anilines is 1. The van der Waals surface area contributed by atoms with Crippen molar-refractivity contribution in [3.8, 4) is 5.75 Å². The van der Waals surface area contributed by atoms with Crippen LogP contribution in [0.1, 0.15) is 21.6 Å². The van der Waals surface area contributed by atoms with Gasteiger partial charge in [0, 0.05) is 42.9 Å². The fourth-order valence-corrected chi connectivity index (χ4v) is 2.48. The summed E-state index contributed by atoms with van der Waals surface area (Å²) in [6.07, 6.45) is 5.12. The summed E-state index contributed by atoms with van der Waals surface area (Å²) in [5.74, 6) is 0.511. The molecule has 3 aromatic rings. The van der Waals surface area contributed by atoms with E-state index in [1.54, 1.807) is 31.8 Å². The van der Waals surface area contributed by atoms with Crippen LogP contribution in [0, 0.1) is 0 Å². The number of nitrogens with zero attached hydrogens (tertiary/aromatic N) is 2. The minimum Gasteiger partial charge on any atom is -0.496 e. The lowest BCUT2D eigenvalue weighted by atomic mass is 10.2. The molecule has 6 heteroatoms. The largest absolute Gasteiger partial charge is 0.496 e. The molecule has 2 N–H and O–H groups in total. The van der Waals surface area contributed by atoms with Gasteiger partial charge in [-0.25, -0.2) is 0 Å². The molecule has 0 atom stereocenters. The summed E-state index contributed by atoms with van der Waals surface area (Å²) in [7, 11) is 1.61. The zero-order valence-corrected chi connectivity index (χ0v) is 14.5. The van der Waals surface area contributed by atoms with Crippen molar-refractivity contribution in [2.75, 3.05) is 12.4 Å². The lowest BCUT2D eigenvalue weighted by Crippen LogP contribution is -2.24. The topological polar surface area (TPSA) is 76.1 Å². The van der Waals surface area contributed by atoms with E-state index in [1.807, 2.05) is 42.5 Å². The zero-order valence-electron chi connectivity index (χ0n) is 14.5. The standard InChI is InChI=1S/C20H20N4O2/c1-26-19-5-3-2-4-16(19)14-24-20(25)18-12-17(8-11-22-18)23-13-15-6-9-21-10-7-15/h2-12H,13-14H2,1H3,(H,22,23)(H,24,25). The van der Waals surface area contributed by atoms with E-state index < -0.39 is 0 Å². The molecule has 0 unspecified atom stereocenters. The second-order valence-electron chi connectivity index (χ2n) is 5.63. The molecule has 2 aromatic heterocycles. The van der Waals surface area contributed by atoms with Gasteiger partial charge in [-0.05, 0) is 35.9 Å². The number of carbonyl (C=O) groups excluding carboxylic acids is 1. The fourth-order valence-electron chi connectivity index (χ4n) is 2.48. The first-order chi connectivity index (χ1) is 12.8. The molecular weight excluding hydrogens is 328 g/mol. The highest BCUT2D eigenvalue weighted by molar-refractivity contribution is 5.93. The summed E-state index contributed by atoms with van der Waals surface area (Å²) in [6, 6.07) is 15.0. The number of para-hydroxylation sites is 1. The van der Waals surface area contributed by atoms with Crippen molar-refractivity contribution in [2.45, 2.75) is 13.1 Å². The molecule has 0 saturated carbocycles. The highest BCUT2D eigenvalue weighted by atomic mass is 16.5. The maximum atomic E-state index is 12.4. The first kappa shape index (κ1) is 17.4. The van der Waals surface area contributed by atoms with Gasteiger partial charge in [-0.3, -0.25) is 14.8 Å². The van der Waals surface area contributed by atoms with E-state index in [-0.39, 0.29) is 5.91 Å². The third kappa shape index (κ3) is 4.57. The summed E-state index contributed by atoms with van der Waals surface area (Å²) in [5.41, 5.74) is 3.22. The van der Waals surface area contributed by atoms with E-state index in [0.717, 1.165) is 22.6 Å². The molecule has 0 aliphatic rings. The van der Waals surface area contributed by atoms with Gasteiger partial charge in [-0.1, -0.05) is 18.2 Å². The van der Waals surface area contributed by atoms with Gasteiger partial charge in [0.1, 0.15) is 11.4 Å². The molecule has 1 amide bonds. The van der Waals surface area contributed by atoms with Crippen molar-refractivity contribution in [3.05, 3.63) is 83.9 Å². The molecule has 0 aliphatic carbocycles. The van der Waals surface area contributed by atoms with Gasteiger partial charge in [-0.2, -0.15) is 0 Å². The second-order valence-corrected chi connectivity index (χ2v) is 5.63. The summed E-state index contributed by atoms with van der Waals surface area (Å²) >= 11 is 0. The monoisotopic (exact) mass is 348 g/mol. The van der Waals surface area contributed by atoms with Crippen molar-refractivity contribution in [1.29, 1.82) is 0 Å². The number of hydrogen-bond donors (Lipinski definition) is 2. The van der Waals surface area contributed by atoms with Crippen molar-refractivity contribution in [1.82, 2.24) is 15.3 Å². The Hall–Kier alpha value is -3.41. The van der Waals surface area contributed by atoms with Gasteiger partial charge in [0.25, 0.3) is 5.91 Å². The van der Waals surface area contributed by atoms with Crippen LogP contribution in [0.25, 0.3) is 0 Å². The lowest BCUT2D eigenvalue weighted by Gasteiger charge is -2.10. The van der Waals surface area contributed by atoms with E-state index in [1.165, 1.54) is 0 Å². The van der Waals surface area contributed by atoms with Crippen LogP contribution in [0.4, 0.5) is 5.69 Å². The van der Waals surface area contributed by atoms with Gasteiger partial charge < -0.3 is 15.4 Å². The normalized spacial score (nSPS) is 10.2. The smallest absolute Gasteiger partial charge is 0.270 e. The van der Waals surface area contributed by atoms with Gasteiger partial charge in [0.05, 0.1) is 7.11 Å². The van der Waals surface area contributed by atoms with Gasteiger partial charge in [0.15, 0.2) is 0 Å². The first-order valence-electron chi connectivity index (χ1n) is 8.25. The number of ether oxygens (including phenoxy) is 1. The van der Waals surface area contributed by atoms with Crippen molar-refractivity contribution in [2.24, 2.45) is 0 Å². The predicted octanol–water partition coefficient (Wildman–Crippen LogP) is 3.03. The summed E-state index contributed by atoms with van der Waals surface area (Å²) in [6.45, 7) is 1.02. The van der Waals surface area contributed by atoms with Crippen LogP contribution in [-0.2, 0) is 13.1 Å². The Morgan fingerprint density at radius 1 is 1.04 bits per heavy atom. The number of nitrogens with one attached hydrogen (secondary N) is 2. The Morgan fingerprint density at radius 2 is 1.85 bits per heavy atom. The third-order valence-corrected chi connectivity index (χ3v) is 3.87.